The minimum Gasteiger partial charge on any atom is -0.367 e. The zero-order valence-electron chi connectivity index (χ0n) is 11.0. The Labute approximate surface area is 108 Å². The van der Waals surface area contributed by atoms with Crippen LogP contribution in [0.3, 0.4) is 0 Å². The summed E-state index contributed by atoms with van der Waals surface area (Å²) in [6.07, 6.45) is 4.52. The van der Waals surface area contributed by atoms with Gasteiger partial charge in [0.2, 0.25) is 0 Å². The van der Waals surface area contributed by atoms with E-state index in [2.05, 4.69) is 11.4 Å². The summed E-state index contributed by atoms with van der Waals surface area (Å²) in [6.45, 7) is 3.77. The molecule has 0 heterocycles. The average molecular weight is 246 g/mol. The summed E-state index contributed by atoms with van der Waals surface area (Å²) >= 11 is 0. The number of halogens is 1. The van der Waals surface area contributed by atoms with E-state index in [1.807, 2.05) is 19.9 Å². The summed E-state index contributed by atoms with van der Waals surface area (Å²) in [4.78, 5) is 0. The number of aryl methyl sites for hydroxylation is 1. The third-order valence-corrected chi connectivity index (χ3v) is 3.85. The number of benzene rings is 1. The Kier molecular flexibility index (Phi) is 3.56. The largest absolute Gasteiger partial charge is 0.367 e. The van der Waals surface area contributed by atoms with Gasteiger partial charge in [0.25, 0.3) is 0 Å². The molecule has 96 valence electrons. The molecule has 1 aromatic rings. The van der Waals surface area contributed by atoms with Gasteiger partial charge in [-0.05, 0) is 56.4 Å². The van der Waals surface area contributed by atoms with Crippen LogP contribution in [0, 0.1) is 30.0 Å². The first-order valence-corrected chi connectivity index (χ1v) is 6.50. The fourth-order valence-corrected chi connectivity index (χ4v) is 2.83. The van der Waals surface area contributed by atoms with Gasteiger partial charge in [0.15, 0.2) is 0 Å². The quantitative estimate of drug-likeness (QED) is 0.874. The normalized spacial score (nSPS) is 19.2. The molecular formula is C15H19FN2. The van der Waals surface area contributed by atoms with Crippen molar-refractivity contribution in [2.45, 2.75) is 45.1 Å². The van der Waals surface area contributed by atoms with Crippen molar-refractivity contribution in [2.24, 2.45) is 5.92 Å². The molecule has 1 atom stereocenters. The van der Waals surface area contributed by atoms with Crippen LogP contribution in [0.5, 0.6) is 0 Å². The molecule has 0 amide bonds. The van der Waals surface area contributed by atoms with Crippen molar-refractivity contribution < 1.29 is 4.39 Å². The van der Waals surface area contributed by atoms with Crippen LogP contribution in [0.15, 0.2) is 18.2 Å². The van der Waals surface area contributed by atoms with E-state index in [0.717, 1.165) is 18.4 Å². The average Bonchev–Trinajstić information content (AvgIpc) is 2.81. The van der Waals surface area contributed by atoms with Gasteiger partial charge in [0, 0.05) is 5.69 Å². The van der Waals surface area contributed by atoms with Crippen LogP contribution in [0.25, 0.3) is 0 Å². The highest BCUT2D eigenvalue weighted by Crippen LogP contribution is 2.36. The SMILES string of the molecule is Cc1cc(F)cc(NC(C)(C#N)C2CCCC2)c1. The fourth-order valence-electron chi connectivity index (χ4n) is 2.83. The van der Waals surface area contributed by atoms with Crippen molar-refractivity contribution in [3.8, 4) is 6.07 Å². The Hall–Kier alpha value is -1.56. The molecule has 2 rings (SSSR count). The van der Waals surface area contributed by atoms with E-state index in [-0.39, 0.29) is 5.82 Å². The molecule has 1 aliphatic carbocycles. The lowest BCUT2D eigenvalue weighted by Crippen LogP contribution is -2.40. The van der Waals surface area contributed by atoms with Gasteiger partial charge in [-0.25, -0.2) is 4.39 Å². The molecular weight excluding hydrogens is 227 g/mol. The van der Waals surface area contributed by atoms with Crippen molar-refractivity contribution in [3.63, 3.8) is 0 Å². The van der Waals surface area contributed by atoms with Crippen LogP contribution in [-0.4, -0.2) is 5.54 Å². The Morgan fingerprint density at radius 1 is 1.33 bits per heavy atom. The van der Waals surface area contributed by atoms with Gasteiger partial charge in [-0.15, -0.1) is 0 Å². The van der Waals surface area contributed by atoms with Gasteiger partial charge in [-0.1, -0.05) is 12.8 Å². The molecule has 0 spiro atoms. The highest BCUT2D eigenvalue weighted by Gasteiger charge is 2.36. The molecule has 3 heteroatoms. The van der Waals surface area contributed by atoms with Gasteiger partial charge < -0.3 is 5.32 Å². The standard InChI is InChI=1S/C15H19FN2/c1-11-7-13(16)9-14(8-11)18-15(2,10-17)12-5-3-4-6-12/h7-9,12,18H,3-6H2,1-2H3. The molecule has 1 fully saturated rings. The first-order valence-electron chi connectivity index (χ1n) is 6.50. The smallest absolute Gasteiger partial charge is 0.125 e. The number of hydrogen-bond acceptors (Lipinski definition) is 2. The first kappa shape index (κ1) is 12.9. The summed E-state index contributed by atoms with van der Waals surface area (Å²) in [5, 5.41) is 12.7. The number of rotatable bonds is 3. The molecule has 1 aliphatic rings. The minimum absolute atomic E-state index is 0.260. The summed E-state index contributed by atoms with van der Waals surface area (Å²) in [5.74, 6) is 0.0929. The Morgan fingerprint density at radius 3 is 2.56 bits per heavy atom. The summed E-state index contributed by atoms with van der Waals surface area (Å²) in [5.41, 5.74) is 0.962. The van der Waals surface area contributed by atoms with Crippen molar-refractivity contribution >= 4 is 5.69 Å². The molecule has 0 bridgehead atoms. The lowest BCUT2D eigenvalue weighted by atomic mass is 9.85. The maximum absolute atomic E-state index is 13.4. The minimum atomic E-state index is -0.600. The maximum Gasteiger partial charge on any atom is 0.125 e. The van der Waals surface area contributed by atoms with Crippen molar-refractivity contribution in [1.82, 2.24) is 0 Å². The Morgan fingerprint density at radius 2 is 2.00 bits per heavy atom. The van der Waals surface area contributed by atoms with Crippen LogP contribution in [0.2, 0.25) is 0 Å². The molecule has 0 radical (unpaired) electrons. The second-order valence-electron chi connectivity index (χ2n) is 5.44. The predicted molar refractivity (Wildman–Crippen MR) is 70.7 cm³/mol. The van der Waals surface area contributed by atoms with Crippen LogP contribution >= 0.6 is 0 Å². The molecule has 18 heavy (non-hydrogen) atoms. The molecule has 1 saturated carbocycles. The summed E-state index contributed by atoms with van der Waals surface area (Å²) in [7, 11) is 0. The number of nitrogens with zero attached hydrogens (tertiary/aromatic N) is 1. The lowest BCUT2D eigenvalue weighted by Gasteiger charge is -2.30. The van der Waals surface area contributed by atoms with Gasteiger partial charge in [0.05, 0.1) is 6.07 Å². The van der Waals surface area contributed by atoms with E-state index >= 15 is 0 Å². The van der Waals surface area contributed by atoms with E-state index in [0.29, 0.717) is 11.6 Å². The lowest BCUT2D eigenvalue weighted by molar-refractivity contribution is 0.404. The number of nitrogens with one attached hydrogen (secondary N) is 1. The van der Waals surface area contributed by atoms with Gasteiger partial charge >= 0.3 is 0 Å². The Bertz CT molecular complexity index is 452. The number of hydrogen-bond donors (Lipinski definition) is 1. The van der Waals surface area contributed by atoms with Gasteiger partial charge in [-0.3, -0.25) is 0 Å². The van der Waals surface area contributed by atoms with Crippen LogP contribution in [0.1, 0.15) is 38.2 Å². The van der Waals surface area contributed by atoms with E-state index in [1.54, 1.807) is 0 Å². The number of anilines is 1. The summed E-state index contributed by atoms with van der Waals surface area (Å²) < 4.78 is 13.4. The van der Waals surface area contributed by atoms with Crippen LogP contribution < -0.4 is 5.32 Å². The maximum atomic E-state index is 13.4. The number of nitriles is 1. The first-order chi connectivity index (χ1) is 8.53. The molecule has 1 unspecified atom stereocenters. The van der Waals surface area contributed by atoms with E-state index in [4.69, 9.17) is 0 Å². The molecule has 0 aliphatic heterocycles. The van der Waals surface area contributed by atoms with Gasteiger partial charge in [-0.2, -0.15) is 5.26 Å². The highest BCUT2D eigenvalue weighted by atomic mass is 19.1. The molecule has 0 saturated heterocycles. The van der Waals surface area contributed by atoms with E-state index < -0.39 is 5.54 Å². The second kappa shape index (κ2) is 4.97. The zero-order chi connectivity index (χ0) is 13.2. The van der Waals surface area contributed by atoms with Crippen LogP contribution in [0.4, 0.5) is 10.1 Å². The third-order valence-electron chi connectivity index (χ3n) is 3.85. The van der Waals surface area contributed by atoms with Gasteiger partial charge in [0.1, 0.15) is 11.4 Å². The zero-order valence-corrected chi connectivity index (χ0v) is 11.0. The molecule has 2 nitrogen and oxygen atoms in total. The topological polar surface area (TPSA) is 35.8 Å². The van der Waals surface area contributed by atoms with Crippen molar-refractivity contribution in [3.05, 3.63) is 29.6 Å². The molecule has 0 aromatic heterocycles. The molecule has 1 aromatic carbocycles. The van der Waals surface area contributed by atoms with E-state index in [1.165, 1.54) is 25.0 Å². The van der Waals surface area contributed by atoms with Crippen molar-refractivity contribution in [2.75, 3.05) is 5.32 Å². The highest BCUT2D eigenvalue weighted by molar-refractivity contribution is 5.50. The fraction of sp³-hybridized carbons (Fsp3) is 0.533. The summed E-state index contributed by atoms with van der Waals surface area (Å²) in [6, 6.07) is 7.20. The van der Waals surface area contributed by atoms with Crippen molar-refractivity contribution in [1.29, 1.82) is 5.26 Å². The predicted octanol–water partition coefficient (Wildman–Crippen LogP) is 4.02. The monoisotopic (exact) mass is 246 g/mol. The van der Waals surface area contributed by atoms with Crippen LogP contribution in [-0.2, 0) is 0 Å². The Balaban J connectivity index is 2.21. The molecule has 1 N–H and O–H groups in total. The third kappa shape index (κ3) is 2.64. The van der Waals surface area contributed by atoms with E-state index in [9.17, 15) is 9.65 Å². The second-order valence-corrected chi connectivity index (χ2v) is 5.44.